The minimum atomic E-state index is -0.394. The lowest BCUT2D eigenvalue weighted by Gasteiger charge is -2.36. The quantitative estimate of drug-likeness (QED) is 0.790. The standard InChI is InChI=1S/C19H28N4O3/c1-13-6-8-16(9-7-13)21-17(24)12-22(3)19(26)14(2)23-10-4-5-15(11-23)18(20)25/h6-9,14-15H,4-5,10-12H2,1-3H3,(H2,20,25)(H,21,24)/t14-,15+/m1/s1. The Morgan fingerprint density at radius 2 is 1.96 bits per heavy atom. The summed E-state index contributed by atoms with van der Waals surface area (Å²) in [5.74, 6) is -0.922. The smallest absolute Gasteiger partial charge is 0.243 e. The van der Waals surface area contributed by atoms with Crippen LogP contribution >= 0.6 is 0 Å². The predicted molar refractivity (Wildman–Crippen MR) is 100 cm³/mol. The second kappa shape index (κ2) is 8.80. The van der Waals surface area contributed by atoms with Crippen LogP contribution in [0, 0.1) is 12.8 Å². The van der Waals surface area contributed by atoms with Gasteiger partial charge >= 0.3 is 0 Å². The molecule has 0 saturated carbocycles. The molecule has 26 heavy (non-hydrogen) atoms. The summed E-state index contributed by atoms with van der Waals surface area (Å²) in [6.45, 7) is 5.00. The van der Waals surface area contributed by atoms with Crippen LogP contribution in [0.5, 0.6) is 0 Å². The molecular formula is C19H28N4O3. The monoisotopic (exact) mass is 360 g/mol. The second-order valence-corrected chi connectivity index (χ2v) is 7.02. The number of nitrogens with two attached hydrogens (primary N) is 1. The Hall–Kier alpha value is -2.41. The number of carbonyl (C=O) groups excluding carboxylic acids is 3. The molecule has 0 spiro atoms. The van der Waals surface area contributed by atoms with Crippen LogP contribution in [0.2, 0.25) is 0 Å². The van der Waals surface area contributed by atoms with Gasteiger partial charge < -0.3 is 16.0 Å². The van der Waals surface area contributed by atoms with E-state index in [1.807, 2.05) is 36.1 Å². The van der Waals surface area contributed by atoms with Gasteiger partial charge in [-0.15, -0.1) is 0 Å². The highest BCUT2D eigenvalue weighted by atomic mass is 16.2. The van der Waals surface area contributed by atoms with Crippen LogP contribution in [-0.4, -0.2) is 60.2 Å². The first-order valence-corrected chi connectivity index (χ1v) is 8.92. The molecular weight excluding hydrogens is 332 g/mol. The fourth-order valence-electron chi connectivity index (χ4n) is 3.20. The van der Waals surface area contributed by atoms with Gasteiger partial charge in [-0.3, -0.25) is 19.3 Å². The van der Waals surface area contributed by atoms with Gasteiger partial charge in [0.15, 0.2) is 0 Å². The SMILES string of the molecule is Cc1ccc(NC(=O)CN(C)C(=O)[C@@H](C)N2CCC[C@H](C(N)=O)C2)cc1. The van der Waals surface area contributed by atoms with Crippen LogP contribution in [0.3, 0.4) is 0 Å². The number of hydrogen-bond acceptors (Lipinski definition) is 4. The molecule has 0 radical (unpaired) electrons. The lowest BCUT2D eigenvalue weighted by Crippen LogP contribution is -2.52. The second-order valence-electron chi connectivity index (χ2n) is 7.02. The number of carbonyl (C=O) groups is 3. The summed E-state index contributed by atoms with van der Waals surface area (Å²) in [5.41, 5.74) is 7.21. The Labute approximate surface area is 154 Å². The number of rotatable bonds is 6. The van der Waals surface area contributed by atoms with Crippen molar-refractivity contribution in [1.82, 2.24) is 9.80 Å². The van der Waals surface area contributed by atoms with Crippen molar-refractivity contribution in [3.8, 4) is 0 Å². The molecule has 7 heteroatoms. The van der Waals surface area contributed by atoms with E-state index < -0.39 is 6.04 Å². The van der Waals surface area contributed by atoms with Crippen molar-refractivity contribution < 1.29 is 14.4 Å². The molecule has 1 heterocycles. The number of piperidine rings is 1. The molecule has 1 aromatic carbocycles. The van der Waals surface area contributed by atoms with E-state index in [0.29, 0.717) is 12.2 Å². The molecule has 0 aliphatic carbocycles. The molecule has 0 aromatic heterocycles. The van der Waals surface area contributed by atoms with Crippen LogP contribution in [0.25, 0.3) is 0 Å². The summed E-state index contributed by atoms with van der Waals surface area (Å²) < 4.78 is 0. The van der Waals surface area contributed by atoms with Gasteiger partial charge in [0.1, 0.15) is 0 Å². The van der Waals surface area contributed by atoms with E-state index in [1.54, 1.807) is 14.0 Å². The average Bonchev–Trinajstić information content (AvgIpc) is 2.62. The summed E-state index contributed by atoms with van der Waals surface area (Å²) in [5, 5.41) is 2.79. The number of amides is 3. The van der Waals surface area contributed by atoms with Crippen LogP contribution in [0.15, 0.2) is 24.3 Å². The minimum Gasteiger partial charge on any atom is -0.369 e. The molecule has 0 unspecified atom stereocenters. The zero-order valence-corrected chi connectivity index (χ0v) is 15.7. The third-order valence-electron chi connectivity index (χ3n) is 4.85. The normalized spacial score (nSPS) is 18.8. The molecule has 1 aliphatic heterocycles. The highest BCUT2D eigenvalue weighted by molar-refractivity contribution is 5.95. The molecule has 2 rings (SSSR count). The van der Waals surface area contributed by atoms with Gasteiger partial charge in [-0.1, -0.05) is 17.7 Å². The number of nitrogens with one attached hydrogen (secondary N) is 1. The number of hydrogen-bond donors (Lipinski definition) is 2. The van der Waals surface area contributed by atoms with Crippen molar-refractivity contribution in [1.29, 1.82) is 0 Å². The Morgan fingerprint density at radius 1 is 1.31 bits per heavy atom. The van der Waals surface area contributed by atoms with Crippen molar-refractivity contribution in [2.24, 2.45) is 11.7 Å². The molecule has 142 valence electrons. The van der Waals surface area contributed by atoms with Crippen LogP contribution in [0.1, 0.15) is 25.3 Å². The Balaban J connectivity index is 1.88. The van der Waals surface area contributed by atoms with Crippen LogP contribution in [0.4, 0.5) is 5.69 Å². The van der Waals surface area contributed by atoms with E-state index >= 15 is 0 Å². The number of benzene rings is 1. The summed E-state index contributed by atoms with van der Waals surface area (Å²) in [6, 6.07) is 7.09. The number of nitrogens with zero attached hydrogens (tertiary/aromatic N) is 2. The van der Waals surface area contributed by atoms with Gasteiger partial charge in [0.25, 0.3) is 0 Å². The van der Waals surface area contributed by atoms with E-state index in [9.17, 15) is 14.4 Å². The maximum absolute atomic E-state index is 12.6. The summed E-state index contributed by atoms with van der Waals surface area (Å²) in [4.78, 5) is 39.6. The molecule has 1 saturated heterocycles. The van der Waals surface area contributed by atoms with Crippen molar-refractivity contribution in [2.45, 2.75) is 32.7 Å². The molecule has 0 bridgehead atoms. The third-order valence-corrected chi connectivity index (χ3v) is 4.85. The van der Waals surface area contributed by atoms with Crippen molar-refractivity contribution >= 4 is 23.4 Å². The fraction of sp³-hybridized carbons (Fsp3) is 0.526. The van der Waals surface area contributed by atoms with Crippen molar-refractivity contribution in [2.75, 3.05) is 32.0 Å². The predicted octanol–water partition coefficient (Wildman–Crippen LogP) is 0.978. The highest BCUT2D eigenvalue weighted by Crippen LogP contribution is 2.19. The fourth-order valence-corrected chi connectivity index (χ4v) is 3.20. The summed E-state index contributed by atoms with van der Waals surface area (Å²) >= 11 is 0. The van der Waals surface area contributed by atoms with Crippen molar-refractivity contribution in [3.05, 3.63) is 29.8 Å². The van der Waals surface area contributed by atoms with E-state index in [-0.39, 0.29) is 30.2 Å². The van der Waals surface area contributed by atoms with Gasteiger partial charge in [-0.05, 0) is 45.4 Å². The van der Waals surface area contributed by atoms with Crippen molar-refractivity contribution in [3.63, 3.8) is 0 Å². The number of anilines is 1. The Kier molecular flexibility index (Phi) is 6.74. The Morgan fingerprint density at radius 3 is 2.58 bits per heavy atom. The number of likely N-dealkylation sites (N-methyl/N-ethyl adjacent to an activating group) is 1. The number of primary amides is 1. The highest BCUT2D eigenvalue weighted by Gasteiger charge is 2.31. The van der Waals surface area contributed by atoms with E-state index in [4.69, 9.17) is 5.73 Å². The number of aryl methyl sites for hydroxylation is 1. The molecule has 3 N–H and O–H groups in total. The van der Waals surface area contributed by atoms with Gasteiger partial charge in [-0.2, -0.15) is 0 Å². The molecule has 1 fully saturated rings. The summed E-state index contributed by atoms with van der Waals surface area (Å²) in [7, 11) is 1.61. The first-order valence-electron chi connectivity index (χ1n) is 8.92. The third kappa shape index (κ3) is 5.29. The molecule has 1 aromatic rings. The first kappa shape index (κ1) is 19.9. The maximum Gasteiger partial charge on any atom is 0.243 e. The molecule has 1 aliphatic rings. The Bertz CT molecular complexity index is 659. The first-order chi connectivity index (χ1) is 12.3. The zero-order valence-electron chi connectivity index (χ0n) is 15.7. The van der Waals surface area contributed by atoms with Gasteiger partial charge in [0, 0.05) is 19.3 Å². The van der Waals surface area contributed by atoms with Crippen LogP contribution in [-0.2, 0) is 14.4 Å². The van der Waals surface area contributed by atoms with E-state index in [2.05, 4.69) is 5.32 Å². The average molecular weight is 360 g/mol. The maximum atomic E-state index is 12.6. The van der Waals surface area contributed by atoms with E-state index in [1.165, 1.54) is 4.90 Å². The molecule has 7 nitrogen and oxygen atoms in total. The summed E-state index contributed by atoms with van der Waals surface area (Å²) in [6.07, 6.45) is 1.60. The largest absolute Gasteiger partial charge is 0.369 e. The zero-order chi connectivity index (χ0) is 19.3. The topological polar surface area (TPSA) is 95.7 Å². The number of likely N-dealkylation sites (tertiary alicyclic amines) is 1. The van der Waals surface area contributed by atoms with Gasteiger partial charge in [0.05, 0.1) is 18.5 Å². The minimum absolute atomic E-state index is 0.0237. The van der Waals surface area contributed by atoms with E-state index in [0.717, 1.165) is 24.9 Å². The molecule has 2 atom stereocenters. The lowest BCUT2D eigenvalue weighted by molar-refractivity contribution is -0.139. The van der Waals surface area contributed by atoms with Crippen LogP contribution < -0.4 is 11.1 Å². The lowest BCUT2D eigenvalue weighted by atomic mass is 9.96. The van der Waals surface area contributed by atoms with Gasteiger partial charge in [-0.25, -0.2) is 0 Å². The molecule has 3 amide bonds. The van der Waals surface area contributed by atoms with Gasteiger partial charge in [0.2, 0.25) is 17.7 Å².